The summed E-state index contributed by atoms with van der Waals surface area (Å²) in [6, 6.07) is -0.426. The highest BCUT2D eigenvalue weighted by Gasteiger charge is 2.12. The van der Waals surface area contributed by atoms with Gasteiger partial charge in [0.05, 0.1) is 7.11 Å². The van der Waals surface area contributed by atoms with Gasteiger partial charge in [-0.15, -0.1) is 7.92 Å². The standard InChI is InChI=1S/C7H16NO2P/c1-10-7(9)6(8)4-5-11(2)3/h6H,4-5,8H2,1-3H3. The Morgan fingerprint density at radius 2 is 2.18 bits per heavy atom. The van der Waals surface area contributed by atoms with E-state index in [4.69, 9.17) is 5.73 Å². The van der Waals surface area contributed by atoms with Crippen molar-refractivity contribution in [2.75, 3.05) is 26.6 Å². The Hall–Kier alpha value is -0.140. The second-order valence-electron chi connectivity index (χ2n) is 2.72. The zero-order valence-electron chi connectivity index (χ0n) is 7.33. The van der Waals surface area contributed by atoms with Crippen molar-refractivity contribution in [3.05, 3.63) is 0 Å². The molecule has 0 saturated heterocycles. The minimum absolute atomic E-state index is 0.0495. The first-order chi connectivity index (χ1) is 5.07. The second kappa shape index (κ2) is 5.50. The summed E-state index contributed by atoms with van der Waals surface area (Å²) < 4.78 is 4.49. The average Bonchev–Trinajstić information content (AvgIpc) is 1.98. The zero-order valence-corrected chi connectivity index (χ0v) is 8.23. The Morgan fingerprint density at radius 1 is 1.64 bits per heavy atom. The first-order valence-corrected chi connectivity index (χ1v) is 5.98. The molecule has 0 fully saturated rings. The Morgan fingerprint density at radius 3 is 2.55 bits per heavy atom. The number of methoxy groups -OCH3 is 1. The molecular weight excluding hydrogens is 161 g/mol. The van der Waals surface area contributed by atoms with Crippen molar-refractivity contribution in [1.29, 1.82) is 0 Å². The van der Waals surface area contributed by atoms with Crippen LogP contribution in [0.5, 0.6) is 0 Å². The lowest BCUT2D eigenvalue weighted by Crippen LogP contribution is -2.32. The first-order valence-electron chi connectivity index (χ1n) is 3.56. The quantitative estimate of drug-likeness (QED) is 0.506. The van der Waals surface area contributed by atoms with Crippen molar-refractivity contribution in [2.24, 2.45) is 5.73 Å². The molecule has 1 unspecified atom stereocenters. The molecule has 0 spiro atoms. The molecule has 4 heteroatoms. The van der Waals surface area contributed by atoms with Crippen LogP contribution in [0.3, 0.4) is 0 Å². The molecule has 0 aliphatic carbocycles. The number of carbonyl (C=O) groups excluding carboxylic acids is 1. The minimum atomic E-state index is -0.426. The molecular formula is C7H16NO2P. The van der Waals surface area contributed by atoms with Crippen LogP contribution in [0, 0.1) is 0 Å². The molecule has 0 bridgehead atoms. The van der Waals surface area contributed by atoms with Gasteiger partial charge < -0.3 is 10.5 Å². The largest absolute Gasteiger partial charge is 0.468 e. The fourth-order valence-electron chi connectivity index (χ4n) is 0.667. The zero-order chi connectivity index (χ0) is 8.85. The average molecular weight is 177 g/mol. The topological polar surface area (TPSA) is 52.3 Å². The number of ether oxygens (including phenoxy) is 1. The third-order valence-corrected chi connectivity index (χ3v) is 2.54. The highest BCUT2D eigenvalue weighted by molar-refractivity contribution is 7.55. The summed E-state index contributed by atoms with van der Waals surface area (Å²) in [5, 5.41) is 0. The minimum Gasteiger partial charge on any atom is -0.468 e. The van der Waals surface area contributed by atoms with Crippen LogP contribution in [0.4, 0.5) is 0 Å². The van der Waals surface area contributed by atoms with Crippen LogP contribution in [0.15, 0.2) is 0 Å². The van der Waals surface area contributed by atoms with Crippen LogP contribution >= 0.6 is 7.92 Å². The van der Waals surface area contributed by atoms with Crippen LogP contribution in [-0.2, 0) is 9.53 Å². The van der Waals surface area contributed by atoms with Crippen molar-refractivity contribution in [3.63, 3.8) is 0 Å². The van der Waals surface area contributed by atoms with Gasteiger partial charge in [-0.1, -0.05) is 0 Å². The SMILES string of the molecule is COC(=O)C(N)CCP(C)C. The Kier molecular flexibility index (Phi) is 5.43. The normalized spacial score (nSPS) is 13.2. The molecule has 0 aromatic carbocycles. The molecule has 0 aliphatic rings. The van der Waals surface area contributed by atoms with Gasteiger partial charge in [0, 0.05) is 0 Å². The predicted molar refractivity (Wildman–Crippen MR) is 48.2 cm³/mol. The molecule has 0 aliphatic heterocycles. The smallest absolute Gasteiger partial charge is 0.322 e. The van der Waals surface area contributed by atoms with Gasteiger partial charge in [-0.2, -0.15) is 0 Å². The first kappa shape index (κ1) is 10.9. The molecule has 2 N–H and O–H groups in total. The van der Waals surface area contributed by atoms with Crippen LogP contribution in [0.2, 0.25) is 0 Å². The maximum Gasteiger partial charge on any atom is 0.322 e. The Bertz CT molecular complexity index is 128. The lowest BCUT2D eigenvalue weighted by atomic mass is 10.2. The highest BCUT2D eigenvalue weighted by atomic mass is 31.1. The molecule has 11 heavy (non-hydrogen) atoms. The number of rotatable bonds is 4. The summed E-state index contributed by atoms with van der Waals surface area (Å²) >= 11 is 0. The third kappa shape index (κ3) is 5.16. The van der Waals surface area contributed by atoms with Crippen molar-refractivity contribution in [2.45, 2.75) is 12.5 Å². The van der Waals surface area contributed by atoms with Crippen LogP contribution < -0.4 is 5.73 Å². The second-order valence-corrected chi connectivity index (χ2v) is 5.33. The number of esters is 1. The monoisotopic (exact) mass is 177 g/mol. The van der Waals surface area contributed by atoms with E-state index in [2.05, 4.69) is 18.1 Å². The molecule has 66 valence electrons. The fourth-order valence-corrected chi connectivity index (χ4v) is 1.46. The van der Waals surface area contributed by atoms with Gasteiger partial charge in [0.25, 0.3) is 0 Å². The van der Waals surface area contributed by atoms with Gasteiger partial charge in [-0.25, -0.2) is 0 Å². The van der Waals surface area contributed by atoms with Crippen molar-refractivity contribution in [3.8, 4) is 0 Å². The Labute approximate surface area is 69.0 Å². The Balaban J connectivity index is 3.52. The summed E-state index contributed by atoms with van der Waals surface area (Å²) in [7, 11) is 1.41. The predicted octanol–water partition coefficient (Wildman–Crippen LogP) is 0.618. The summed E-state index contributed by atoms with van der Waals surface area (Å²) in [6.07, 6.45) is 1.77. The molecule has 1 atom stereocenters. The summed E-state index contributed by atoms with van der Waals surface area (Å²) in [6.45, 7) is 4.33. The maximum atomic E-state index is 10.8. The van der Waals surface area contributed by atoms with Gasteiger partial charge in [0.2, 0.25) is 0 Å². The van der Waals surface area contributed by atoms with Gasteiger partial charge in [0.1, 0.15) is 6.04 Å². The molecule has 0 aromatic rings. The number of hydrogen-bond acceptors (Lipinski definition) is 3. The van der Waals surface area contributed by atoms with Gasteiger partial charge in [0.15, 0.2) is 0 Å². The van der Waals surface area contributed by atoms with E-state index in [1.807, 2.05) is 0 Å². The fraction of sp³-hybridized carbons (Fsp3) is 0.857. The lowest BCUT2D eigenvalue weighted by molar-refractivity contribution is -0.142. The van der Waals surface area contributed by atoms with E-state index in [1.54, 1.807) is 0 Å². The van der Waals surface area contributed by atoms with Crippen LogP contribution in [-0.4, -0.2) is 38.6 Å². The van der Waals surface area contributed by atoms with E-state index < -0.39 is 6.04 Å². The summed E-state index contributed by atoms with van der Waals surface area (Å²) in [5.41, 5.74) is 5.51. The molecule has 0 aromatic heterocycles. The van der Waals surface area contributed by atoms with Crippen molar-refractivity contribution in [1.82, 2.24) is 0 Å². The number of carbonyl (C=O) groups is 1. The third-order valence-electron chi connectivity index (χ3n) is 1.39. The summed E-state index contributed by atoms with van der Waals surface area (Å²) in [5.74, 6) is -0.304. The highest BCUT2D eigenvalue weighted by Crippen LogP contribution is 2.25. The van der Waals surface area contributed by atoms with Gasteiger partial charge in [-0.3, -0.25) is 4.79 Å². The van der Waals surface area contributed by atoms with E-state index in [1.165, 1.54) is 7.11 Å². The number of nitrogens with two attached hydrogens (primary N) is 1. The molecule has 3 nitrogen and oxygen atoms in total. The van der Waals surface area contributed by atoms with E-state index in [9.17, 15) is 4.79 Å². The van der Waals surface area contributed by atoms with Gasteiger partial charge in [-0.05, 0) is 25.9 Å². The van der Waals surface area contributed by atoms with Crippen molar-refractivity contribution < 1.29 is 9.53 Å². The van der Waals surface area contributed by atoms with E-state index in [-0.39, 0.29) is 13.9 Å². The maximum absolute atomic E-state index is 10.8. The van der Waals surface area contributed by atoms with Crippen LogP contribution in [0.25, 0.3) is 0 Å². The van der Waals surface area contributed by atoms with Crippen molar-refractivity contribution >= 4 is 13.9 Å². The molecule has 0 radical (unpaired) electrons. The van der Waals surface area contributed by atoms with E-state index in [0.717, 1.165) is 12.6 Å². The molecule has 0 saturated carbocycles. The summed E-state index contributed by atoms with van der Waals surface area (Å²) in [4.78, 5) is 10.8. The van der Waals surface area contributed by atoms with Crippen LogP contribution in [0.1, 0.15) is 6.42 Å². The van der Waals surface area contributed by atoms with Gasteiger partial charge >= 0.3 is 5.97 Å². The van der Waals surface area contributed by atoms with E-state index in [0.29, 0.717) is 0 Å². The number of hydrogen-bond donors (Lipinski definition) is 1. The van der Waals surface area contributed by atoms with E-state index >= 15 is 0 Å². The molecule has 0 heterocycles. The lowest BCUT2D eigenvalue weighted by Gasteiger charge is -2.10. The molecule has 0 rings (SSSR count). The molecule has 0 amide bonds.